The Balaban J connectivity index is 3.19. The molecule has 1 N–H and O–H groups in total. The molecule has 0 spiro atoms. The summed E-state index contributed by atoms with van der Waals surface area (Å²) in [6.07, 6.45) is 0. The van der Waals surface area contributed by atoms with Crippen molar-refractivity contribution in [3.63, 3.8) is 0 Å². The molecule has 1 aromatic heterocycles. The molecule has 1 rings (SSSR count). The number of rotatable bonds is 3. The van der Waals surface area contributed by atoms with E-state index in [1.165, 1.54) is 6.92 Å². The molecule has 1 heterocycles. The van der Waals surface area contributed by atoms with Crippen LogP contribution in [-0.4, -0.2) is 22.5 Å². The molecule has 0 bridgehead atoms. The number of H-pyrrole nitrogens is 1. The van der Waals surface area contributed by atoms with Crippen molar-refractivity contribution in [3.8, 4) is 0 Å². The highest BCUT2D eigenvalue weighted by atomic mass is 16.6. The lowest BCUT2D eigenvalue weighted by Crippen LogP contribution is -2.06. The van der Waals surface area contributed by atoms with E-state index in [0.717, 1.165) is 0 Å². The van der Waals surface area contributed by atoms with Crippen molar-refractivity contribution < 1.29 is 14.5 Å². The van der Waals surface area contributed by atoms with Gasteiger partial charge < -0.3 is 14.9 Å². The van der Waals surface area contributed by atoms with E-state index in [1.807, 2.05) is 0 Å². The average Bonchev–Trinajstić information content (AvgIpc) is 2.42. The molecule has 0 atom stereocenters. The number of aromatic amines is 1. The molecule has 15 heavy (non-hydrogen) atoms. The Morgan fingerprint density at radius 1 is 1.53 bits per heavy atom. The summed E-state index contributed by atoms with van der Waals surface area (Å²) in [5.74, 6) is -0.688. The van der Waals surface area contributed by atoms with Gasteiger partial charge in [0.2, 0.25) is 0 Å². The van der Waals surface area contributed by atoms with Crippen molar-refractivity contribution in [2.24, 2.45) is 0 Å². The molecule has 0 aliphatic carbocycles. The number of carbonyl (C=O) groups excluding carboxylic acids is 1. The Morgan fingerprint density at radius 3 is 2.53 bits per heavy atom. The molecule has 0 saturated carbocycles. The zero-order valence-corrected chi connectivity index (χ0v) is 8.79. The van der Waals surface area contributed by atoms with Gasteiger partial charge in [-0.3, -0.25) is 0 Å². The maximum absolute atomic E-state index is 11.5. The molecule has 0 aromatic carbocycles. The van der Waals surface area contributed by atoms with Crippen LogP contribution in [0.25, 0.3) is 0 Å². The van der Waals surface area contributed by atoms with Crippen molar-refractivity contribution in [2.75, 3.05) is 6.61 Å². The summed E-state index contributed by atoms with van der Waals surface area (Å²) in [5, 5.41) is 10.6. The van der Waals surface area contributed by atoms with Crippen LogP contribution in [-0.2, 0) is 4.74 Å². The van der Waals surface area contributed by atoms with Crippen molar-refractivity contribution in [3.05, 3.63) is 26.9 Å². The molecule has 82 valence electrons. The molecule has 6 nitrogen and oxygen atoms in total. The van der Waals surface area contributed by atoms with Gasteiger partial charge in [-0.25, -0.2) is 9.78 Å². The highest BCUT2D eigenvalue weighted by Gasteiger charge is 2.25. The van der Waals surface area contributed by atoms with E-state index in [2.05, 4.69) is 4.98 Å². The number of ether oxygens (including phenoxy) is 1. The average molecular weight is 212 g/mol. The van der Waals surface area contributed by atoms with Gasteiger partial charge in [-0.05, 0) is 25.7 Å². The van der Waals surface area contributed by atoms with Gasteiger partial charge in [0.05, 0.1) is 12.2 Å². The van der Waals surface area contributed by atoms with Crippen LogP contribution in [0.1, 0.15) is 28.5 Å². The minimum absolute atomic E-state index is 0.157. The fourth-order valence-corrected chi connectivity index (χ4v) is 1.43. The molecule has 0 saturated heterocycles. The number of carbonyl (C=O) groups is 1. The van der Waals surface area contributed by atoms with Gasteiger partial charge in [-0.2, -0.15) is 0 Å². The van der Waals surface area contributed by atoms with E-state index in [4.69, 9.17) is 4.74 Å². The number of hydrogen-bond donors (Lipinski definition) is 1. The molecule has 6 heteroatoms. The second kappa shape index (κ2) is 4.12. The summed E-state index contributed by atoms with van der Waals surface area (Å²) in [6, 6.07) is 0. The normalized spacial score (nSPS) is 10.1. The predicted molar refractivity (Wildman–Crippen MR) is 52.9 cm³/mol. The summed E-state index contributed by atoms with van der Waals surface area (Å²) in [6.45, 7) is 5.06. The monoisotopic (exact) mass is 212 g/mol. The second-order valence-corrected chi connectivity index (χ2v) is 3.08. The van der Waals surface area contributed by atoms with E-state index in [1.54, 1.807) is 13.8 Å². The Hall–Kier alpha value is -1.85. The van der Waals surface area contributed by atoms with Crippen molar-refractivity contribution >= 4 is 11.8 Å². The quantitative estimate of drug-likeness (QED) is 0.469. The van der Waals surface area contributed by atoms with Crippen molar-refractivity contribution in [2.45, 2.75) is 20.8 Å². The van der Waals surface area contributed by atoms with E-state index in [-0.39, 0.29) is 18.0 Å². The smallest absolute Gasteiger partial charge is 0.342 e. The number of nitro groups is 1. The van der Waals surface area contributed by atoms with Crippen LogP contribution in [0.3, 0.4) is 0 Å². The predicted octanol–water partition coefficient (Wildman–Crippen LogP) is 1.72. The SMILES string of the molecule is CCOC(=O)c1c(C)[nH]c([N+](=O)[O-])c1C. The number of aromatic nitrogens is 1. The zero-order valence-electron chi connectivity index (χ0n) is 8.79. The maximum atomic E-state index is 11.5. The van der Waals surface area contributed by atoms with Crippen LogP contribution in [0, 0.1) is 24.0 Å². The molecule has 0 radical (unpaired) electrons. The van der Waals surface area contributed by atoms with Crippen LogP contribution >= 0.6 is 0 Å². The molecule has 0 aliphatic rings. The Labute approximate surface area is 86.4 Å². The van der Waals surface area contributed by atoms with Crippen LogP contribution < -0.4 is 0 Å². The first-order valence-electron chi connectivity index (χ1n) is 4.49. The van der Waals surface area contributed by atoms with Gasteiger partial charge in [-0.15, -0.1) is 0 Å². The third-order valence-electron chi connectivity index (χ3n) is 2.07. The molecule has 0 fully saturated rings. The van der Waals surface area contributed by atoms with Crippen LogP contribution in [0.15, 0.2) is 0 Å². The van der Waals surface area contributed by atoms with Gasteiger partial charge in [0.25, 0.3) is 0 Å². The van der Waals surface area contributed by atoms with E-state index >= 15 is 0 Å². The number of esters is 1. The first-order valence-corrected chi connectivity index (χ1v) is 4.49. The highest BCUT2D eigenvalue weighted by Crippen LogP contribution is 2.24. The van der Waals surface area contributed by atoms with Crippen molar-refractivity contribution in [1.29, 1.82) is 0 Å². The molecular weight excluding hydrogens is 200 g/mol. The van der Waals surface area contributed by atoms with Gasteiger partial charge >= 0.3 is 11.8 Å². The maximum Gasteiger partial charge on any atom is 0.342 e. The van der Waals surface area contributed by atoms with Gasteiger partial charge in [0, 0.05) is 0 Å². The molecule has 0 unspecified atom stereocenters. The minimum atomic E-state index is -0.551. The molecule has 0 aliphatic heterocycles. The fraction of sp³-hybridized carbons (Fsp3) is 0.444. The Kier molecular flexibility index (Phi) is 3.08. The number of nitrogens with zero attached hydrogens (tertiary/aromatic N) is 1. The summed E-state index contributed by atoms with van der Waals surface area (Å²) in [4.78, 5) is 24.0. The topological polar surface area (TPSA) is 85.2 Å². The fourth-order valence-electron chi connectivity index (χ4n) is 1.43. The van der Waals surface area contributed by atoms with Gasteiger partial charge in [0.1, 0.15) is 11.3 Å². The molecule has 0 amide bonds. The summed E-state index contributed by atoms with van der Waals surface area (Å²) >= 11 is 0. The number of hydrogen-bond acceptors (Lipinski definition) is 4. The molecule has 1 aromatic rings. The first kappa shape index (κ1) is 11.2. The van der Waals surface area contributed by atoms with Crippen LogP contribution in [0.5, 0.6) is 0 Å². The lowest BCUT2D eigenvalue weighted by molar-refractivity contribution is -0.389. The zero-order chi connectivity index (χ0) is 11.6. The molecular formula is C9H12N2O4. The van der Waals surface area contributed by atoms with Crippen molar-refractivity contribution in [1.82, 2.24) is 4.98 Å². The summed E-state index contributed by atoms with van der Waals surface area (Å²) in [7, 11) is 0. The largest absolute Gasteiger partial charge is 0.462 e. The van der Waals surface area contributed by atoms with Crippen LogP contribution in [0.4, 0.5) is 5.82 Å². The summed E-state index contributed by atoms with van der Waals surface area (Å²) in [5.41, 5.74) is 1.03. The van der Waals surface area contributed by atoms with Crippen LogP contribution in [0.2, 0.25) is 0 Å². The number of aryl methyl sites for hydroxylation is 1. The minimum Gasteiger partial charge on any atom is -0.462 e. The van der Waals surface area contributed by atoms with Gasteiger partial charge in [0.15, 0.2) is 0 Å². The highest BCUT2D eigenvalue weighted by molar-refractivity contribution is 5.93. The van der Waals surface area contributed by atoms with E-state index in [0.29, 0.717) is 11.3 Å². The first-order chi connectivity index (χ1) is 6.99. The van der Waals surface area contributed by atoms with Gasteiger partial charge in [-0.1, -0.05) is 0 Å². The lowest BCUT2D eigenvalue weighted by atomic mass is 10.1. The second-order valence-electron chi connectivity index (χ2n) is 3.08. The van der Waals surface area contributed by atoms with E-state index < -0.39 is 10.9 Å². The Bertz CT molecular complexity index is 408. The third kappa shape index (κ3) is 1.98. The lowest BCUT2D eigenvalue weighted by Gasteiger charge is -1.99. The third-order valence-corrected chi connectivity index (χ3v) is 2.07. The Morgan fingerprint density at radius 2 is 2.13 bits per heavy atom. The van der Waals surface area contributed by atoms with E-state index in [9.17, 15) is 14.9 Å². The summed E-state index contributed by atoms with van der Waals surface area (Å²) < 4.78 is 4.80. The number of nitrogens with one attached hydrogen (secondary N) is 1. The standard InChI is InChI=1S/C9H12N2O4/c1-4-15-9(12)7-5(2)8(11(13)14)10-6(7)3/h10H,4H2,1-3H3.